The van der Waals surface area contributed by atoms with Crippen molar-refractivity contribution in [2.75, 3.05) is 23.5 Å². The summed E-state index contributed by atoms with van der Waals surface area (Å²) in [6, 6.07) is 2.57. The van der Waals surface area contributed by atoms with Crippen molar-refractivity contribution in [1.82, 2.24) is 5.32 Å². The van der Waals surface area contributed by atoms with Gasteiger partial charge in [-0.2, -0.15) is 17.0 Å². The van der Waals surface area contributed by atoms with Crippen LogP contribution in [0, 0.1) is 11.3 Å². The molecule has 0 amide bonds. The van der Waals surface area contributed by atoms with Gasteiger partial charge in [0.2, 0.25) is 0 Å². The molecule has 1 atom stereocenters. The van der Waals surface area contributed by atoms with Crippen LogP contribution in [-0.4, -0.2) is 44.0 Å². The van der Waals surface area contributed by atoms with Gasteiger partial charge in [-0.15, -0.1) is 0 Å². The van der Waals surface area contributed by atoms with Crippen LogP contribution in [0.1, 0.15) is 12.8 Å². The zero-order valence-corrected chi connectivity index (χ0v) is 10.4. The smallest absolute Gasteiger partial charge is 0.148 e. The highest BCUT2D eigenvalue weighted by Crippen LogP contribution is 2.20. The minimum atomic E-state index is -2.86. The molecular formula is C9H16N2O2S2. The summed E-state index contributed by atoms with van der Waals surface area (Å²) in [7, 11) is -2.86. The zero-order valence-electron chi connectivity index (χ0n) is 8.77. The Morgan fingerprint density at radius 1 is 1.60 bits per heavy atom. The number of hydrogen-bond acceptors (Lipinski definition) is 5. The monoisotopic (exact) mass is 248 g/mol. The van der Waals surface area contributed by atoms with Gasteiger partial charge in [0.15, 0.2) is 0 Å². The molecule has 1 aliphatic carbocycles. The number of hydrogen-bond donors (Lipinski definition) is 1. The van der Waals surface area contributed by atoms with Crippen LogP contribution in [0.3, 0.4) is 0 Å². The summed E-state index contributed by atoms with van der Waals surface area (Å²) >= 11 is 1.52. The van der Waals surface area contributed by atoms with Crippen molar-refractivity contribution in [3.05, 3.63) is 0 Å². The standard InChI is InChI=1S/C9H16N2O2S2/c1-15(12,13)5-4-14-7-9(6-10)11-8-2-3-8/h8-9,11H,2-5,7H2,1H3. The van der Waals surface area contributed by atoms with Gasteiger partial charge in [-0.3, -0.25) is 5.32 Å². The lowest BCUT2D eigenvalue weighted by atomic mass is 10.4. The third-order valence-electron chi connectivity index (χ3n) is 2.05. The number of nitrogens with zero attached hydrogens (tertiary/aromatic N) is 1. The first-order chi connectivity index (χ1) is 7.01. The molecular weight excluding hydrogens is 232 g/mol. The van der Waals surface area contributed by atoms with E-state index in [9.17, 15) is 8.42 Å². The fourth-order valence-corrected chi connectivity index (χ4v) is 3.32. The average Bonchev–Trinajstić information content (AvgIpc) is 2.92. The fraction of sp³-hybridized carbons (Fsp3) is 0.889. The van der Waals surface area contributed by atoms with E-state index in [1.54, 1.807) is 0 Å². The molecule has 0 bridgehead atoms. The highest BCUT2D eigenvalue weighted by Gasteiger charge is 2.24. The summed E-state index contributed by atoms with van der Waals surface area (Å²) in [6.45, 7) is 0. The number of nitrogens with one attached hydrogen (secondary N) is 1. The Kier molecular flexibility index (Phi) is 4.90. The van der Waals surface area contributed by atoms with Crippen LogP contribution >= 0.6 is 11.8 Å². The zero-order chi connectivity index (χ0) is 11.3. The van der Waals surface area contributed by atoms with Gasteiger partial charge < -0.3 is 0 Å². The first-order valence-electron chi connectivity index (χ1n) is 4.92. The predicted molar refractivity (Wildman–Crippen MR) is 62.6 cm³/mol. The predicted octanol–water partition coefficient (Wildman–Crippen LogP) is 0.408. The molecule has 1 aliphatic rings. The van der Waals surface area contributed by atoms with Crippen molar-refractivity contribution < 1.29 is 8.42 Å². The Bertz CT molecular complexity index is 331. The third-order valence-corrected chi connectivity index (χ3v) is 4.32. The van der Waals surface area contributed by atoms with Crippen LogP contribution in [0.15, 0.2) is 0 Å². The molecule has 0 aromatic rings. The second-order valence-electron chi connectivity index (χ2n) is 3.83. The molecule has 6 heteroatoms. The second-order valence-corrected chi connectivity index (χ2v) is 7.24. The quantitative estimate of drug-likeness (QED) is 0.661. The normalized spacial score (nSPS) is 18.4. The molecule has 1 saturated carbocycles. The van der Waals surface area contributed by atoms with Gasteiger partial charge >= 0.3 is 0 Å². The van der Waals surface area contributed by atoms with E-state index in [0.29, 0.717) is 17.5 Å². The summed E-state index contributed by atoms with van der Waals surface area (Å²) in [5.41, 5.74) is 0. The Morgan fingerprint density at radius 2 is 2.27 bits per heavy atom. The Morgan fingerprint density at radius 3 is 2.73 bits per heavy atom. The van der Waals surface area contributed by atoms with Crippen molar-refractivity contribution in [1.29, 1.82) is 5.26 Å². The highest BCUT2D eigenvalue weighted by atomic mass is 32.2. The number of sulfone groups is 1. The van der Waals surface area contributed by atoms with Crippen LogP contribution < -0.4 is 5.32 Å². The first kappa shape index (κ1) is 12.8. The molecule has 1 rings (SSSR count). The largest absolute Gasteiger partial charge is 0.298 e. The molecule has 0 saturated heterocycles. The summed E-state index contributed by atoms with van der Waals surface area (Å²) in [4.78, 5) is 0. The first-order valence-corrected chi connectivity index (χ1v) is 8.14. The maximum atomic E-state index is 10.8. The SMILES string of the molecule is CS(=O)(=O)CCSCC(C#N)NC1CC1. The van der Waals surface area contributed by atoms with Gasteiger partial charge in [0.1, 0.15) is 15.9 Å². The lowest BCUT2D eigenvalue weighted by Crippen LogP contribution is -2.31. The topological polar surface area (TPSA) is 70.0 Å². The van der Waals surface area contributed by atoms with Gasteiger partial charge in [0.25, 0.3) is 0 Å². The maximum absolute atomic E-state index is 10.8. The molecule has 0 heterocycles. The molecule has 1 unspecified atom stereocenters. The second kappa shape index (κ2) is 5.73. The minimum absolute atomic E-state index is 0.137. The van der Waals surface area contributed by atoms with Gasteiger partial charge in [0, 0.05) is 23.8 Å². The summed E-state index contributed by atoms with van der Waals surface area (Å²) in [5, 5.41) is 12.0. The lowest BCUT2D eigenvalue weighted by molar-refractivity contribution is 0.603. The molecule has 0 radical (unpaired) electrons. The molecule has 4 nitrogen and oxygen atoms in total. The summed E-state index contributed by atoms with van der Waals surface area (Å²) in [6.07, 6.45) is 3.55. The third kappa shape index (κ3) is 6.77. The number of nitriles is 1. The van der Waals surface area contributed by atoms with Crippen molar-refractivity contribution in [2.24, 2.45) is 0 Å². The van der Waals surface area contributed by atoms with E-state index in [0.717, 1.165) is 12.8 Å². The van der Waals surface area contributed by atoms with E-state index in [1.165, 1.54) is 18.0 Å². The molecule has 0 aromatic carbocycles. The van der Waals surface area contributed by atoms with E-state index in [2.05, 4.69) is 11.4 Å². The summed E-state index contributed by atoms with van der Waals surface area (Å²) in [5.74, 6) is 1.44. The van der Waals surface area contributed by atoms with Crippen molar-refractivity contribution in [3.8, 4) is 6.07 Å². The van der Waals surface area contributed by atoms with Crippen LogP contribution in [0.2, 0.25) is 0 Å². The van der Waals surface area contributed by atoms with E-state index in [4.69, 9.17) is 5.26 Å². The lowest BCUT2D eigenvalue weighted by Gasteiger charge is -2.09. The molecule has 1 N–H and O–H groups in total. The molecule has 0 spiro atoms. The van der Waals surface area contributed by atoms with E-state index in [1.807, 2.05) is 0 Å². The molecule has 1 fully saturated rings. The molecule has 0 aromatic heterocycles. The Hall–Kier alpha value is -0.250. The van der Waals surface area contributed by atoms with E-state index >= 15 is 0 Å². The van der Waals surface area contributed by atoms with Crippen molar-refractivity contribution in [2.45, 2.75) is 24.9 Å². The number of rotatable bonds is 7. The number of thioether (sulfide) groups is 1. The average molecular weight is 248 g/mol. The minimum Gasteiger partial charge on any atom is -0.298 e. The van der Waals surface area contributed by atoms with Gasteiger partial charge in [-0.25, -0.2) is 8.42 Å². The Labute approximate surface area is 95.3 Å². The van der Waals surface area contributed by atoms with Gasteiger partial charge in [-0.05, 0) is 12.8 Å². The van der Waals surface area contributed by atoms with E-state index < -0.39 is 9.84 Å². The van der Waals surface area contributed by atoms with Gasteiger partial charge in [0.05, 0.1) is 11.8 Å². The van der Waals surface area contributed by atoms with Gasteiger partial charge in [-0.1, -0.05) is 0 Å². The van der Waals surface area contributed by atoms with Crippen LogP contribution in [0.5, 0.6) is 0 Å². The van der Waals surface area contributed by atoms with Crippen LogP contribution in [-0.2, 0) is 9.84 Å². The van der Waals surface area contributed by atoms with Crippen LogP contribution in [0.25, 0.3) is 0 Å². The molecule has 86 valence electrons. The maximum Gasteiger partial charge on any atom is 0.148 e. The molecule has 0 aliphatic heterocycles. The molecule has 15 heavy (non-hydrogen) atoms. The highest BCUT2D eigenvalue weighted by molar-refractivity contribution is 8.00. The van der Waals surface area contributed by atoms with Crippen LogP contribution in [0.4, 0.5) is 0 Å². The van der Waals surface area contributed by atoms with Crippen molar-refractivity contribution in [3.63, 3.8) is 0 Å². The summed E-state index contributed by atoms with van der Waals surface area (Å²) < 4.78 is 21.7. The van der Waals surface area contributed by atoms with E-state index in [-0.39, 0.29) is 11.8 Å². The fourth-order valence-electron chi connectivity index (χ4n) is 1.07. The van der Waals surface area contributed by atoms with Crippen molar-refractivity contribution >= 4 is 21.6 Å². The Balaban J connectivity index is 2.09.